The number of aromatic amines is 1. The molecule has 0 aliphatic heterocycles. The predicted octanol–water partition coefficient (Wildman–Crippen LogP) is 2.15. The lowest BCUT2D eigenvalue weighted by atomic mass is 9.94. The quantitative estimate of drug-likeness (QED) is 0.779. The zero-order valence-corrected chi connectivity index (χ0v) is 11.3. The molecule has 1 rings (SSSR count). The van der Waals surface area contributed by atoms with Crippen molar-refractivity contribution in [3.05, 3.63) is 22.4 Å². The molecule has 0 aliphatic rings. The number of aromatic nitrogens is 1. The Morgan fingerprint density at radius 1 is 1.59 bits per heavy atom. The Kier molecular flexibility index (Phi) is 4.34. The highest BCUT2D eigenvalue weighted by Crippen LogP contribution is 2.16. The van der Waals surface area contributed by atoms with Crippen molar-refractivity contribution in [2.75, 3.05) is 0 Å². The Labute approximate surface area is 108 Å². The molecule has 3 N–H and O–H groups in total. The standard InChI is InChI=1S/C11H15BrN2O3/c1-3-11(2,5-9(15)16)14-10(17)8-4-7(12)6-13-8/h4,6,13H,3,5H2,1-2H3,(H,14,17)(H,15,16)/t11-/m1/s1. The van der Waals surface area contributed by atoms with Crippen molar-refractivity contribution >= 4 is 27.8 Å². The molecule has 94 valence electrons. The third-order valence-corrected chi connectivity index (χ3v) is 3.09. The van der Waals surface area contributed by atoms with Gasteiger partial charge in [-0.25, -0.2) is 0 Å². The zero-order valence-electron chi connectivity index (χ0n) is 9.71. The summed E-state index contributed by atoms with van der Waals surface area (Å²) in [6.07, 6.45) is 2.10. The fourth-order valence-corrected chi connectivity index (χ4v) is 1.78. The minimum Gasteiger partial charge on any atom is -0.481 e. The minimum atomic E-state index is -0.928. The van der Waals surface area contributed by atoms with Crippen molar-refractivity contribution in [1.29, 1.82) is 0 Å². The summed E-state index contributed by atoms with van der Waals surface area (Å²) >= 11 is 3.23. The van der Waals surface area contributed by atoms with Crippen LogP contribution in [0.5, 0.6) is 0 Å². The Morgan fingerprint density at radius 2 is 2.24 bits per heavy atom. The van der Waals surface area contributed by atoms with Gasteiger partial charge in [-0.15, -0.1) is 0 Å². The predicted molar refractivity (Wildman–Crippen MR) is 66.9 cm³/mol. The van der Waals surface area contributed by atoms with E-state index in [9.17, 15) is 9.59 Å². The van der Waals surface area contributed by atoms with Gasteiger partial charge < -0.3 is 15.4 Å². The molecule has 6 heteroatoms. The van der Waals surface area contributed by atoms with Crippen molar-refractivity contribution in [2.24, 2.45) is 0 Å². The molecule has 0 aliphatic carbocycles. The summed E-state index contributed by atoms with van der Waals surface area (Å²) in [5.74, 6) is -1.23. The first-order valence-corrected chi connectivity index (χ1v) is 6.04. The third kappa shape index (κ3) is 3.89. The van der Waals surface area contributed by atoms with Gasteiger partial charge in [0, 0.05) is 16.2 Å². The second-order valence-electron chi connectivity index (χ2n) is 4.17. The summed E-state index contributed by atoms with van der Waals surface area (Å²) in [6.45, 7) is 3.56. The maximum atomic E-state index is 11.9. The number of nitrogens with one attached hydrogen (secondary N) is 2. The van der Waals surface area contributed by atoms with E-state index in [1.807, 2.05) is 6.92 Å². The summed E-state index contributed by atoms with van der Waals surface area (Å²) in [6, 6.07) is 1.65. The van der Waals surface area contributed by atoms with Crippen molar-refractivity contribution in [2.45, 2.75) is 32.2 Å². The number of rotatable bonds is 5. The Morgan fingerprint density at radius 3 is 2.65 bits per heavy atom. The van der Waals surface area contributed by atoms with E-state index in [0.29, 0.717) is 12.1 Å². The number of carbonyl (C=O) groups excluding carboxylic acids is 1. The number of aliphatic carboxylic acids is 1. The van der Waals surface area contributed by atoms with E-state index in [-0.39, 0.29) is 12.3 Å². The fourth-order valence-electron chi connectivity index (χ4n) is 1.43. The summed E-state index contributed by atoms with van der Waals surface area (Å²) in [5, 5.41) is 11.5. The molecule has 0 unspecified atom stereocenters. The van der Waals surface area contributed by atoms with Crippen LogP contribution < -0.4 is 5.32 Å². The average molecular weight is 303 g/mol. The van der Waals surface area contributed by atoms with Crippen LogP contribution in [-0.4, -0.2) is 27.5 Å². The van der Waals surface area contributed by atoms with Gasteiger partial charge in [0.25, 0.3) is 5.91 Å². The maximum Gasteiger partial charge on any atom is 0.305 e. The summed E-state index contributed by atoms with van der Waals surface area (Å²) < 4.78 is 0.777. The largest absolute Gasteiger partial charge is 0.481 e. The smallest absolute Gasteiger partial charge is 0.305 e. The number of H-pyrrole nitrogens is 1. The second kappa shape index (κ2) is 5.35. The van der Waals surface area contributed by atoms with Crippen LogP contribution in [-0.2, 0) is 4.79 Å². The number of carboxylic acid groups (broad SMARTS) is 1. The molecular formula is C11H15BrN2O3. The molecule has 0 fully saturated rings. The first kappa shape index (κ1) is 13.8. The summed E-state index contributed by atoms with van der Waals surface area (Å²) in [5.41, 5.74) is -0.331. The first-order valence-electron chi connectivity index (χ1n) is 5.24. The van der Waals surface area contributed by atoms with Gasteiger partial charge in [0.2, 0.25) is 0 Å². The van der Waals surface area contributed by atoms with Gasteiger partial charge in [-0.2, -0.15) is 0 Å². The molecule has 1 aromatic rings. The lowest BCUT2D eigenvalue weighted by Gasteiger charge is -2.27. The Bertz CT molecular complexity index is 430. The second-order valence-corrected chi connectivity index (χ2v) is 5.09. The van der Waals surface area contributed by atoms with Gasteiger partial charge in [-0.05, 0) is 35.3 Å². The number of amides is 1. The summed E-state index contributed by atoms with van der Waals surface area (Å²) in [7, 11) is 0. The molecule has 0 saturated carbocycles. The van der Waals surface area contributed by atoms with Gasteiger partial charge in [-0.1, -0.05) is 6.92 Å². The van der Waals surface area contributed by atoms with Crippen molar-refractivity contribution in [3.63, 3.8) is 0 Å². The average Bonchev–Trinajstić information content (AvgIpc) is 2.63. The fraction of sp³-hybridized carbons (Fsp3) is 0.455. The number of carboxylic acids is 1. The van der Waals surface area contributed by atoms with Crippen LogP contribution in [0, 0.1) is 0 Å². The van der Waals surface area contributed by atoms with E-state index in [0.717, 1.165) is 4.47 Å². The molecular weight excluding hydrogens is 288 g/mol. The van der Waals surface area contributed by atoms with Gasteiger partial charge in [-0.3, -0.25) is 9.59 Å². The van der Waals surface area contributed by atoms with Crippen LogP contribution in [0.15, 0.2) is 16.7 Å². The van der Waals surface area contributed by atoms with Crippen molar-refractivity contribution in [3.8, 4) is 0 Å². The molecule has 0 spiro atoms. The zero-order chi connectivity index (χ0) is 13.1. The van der Waals surface area contributed by atoms with Crippen LogP contribution >= 0.6 is 15.9 Å². The molecule has 0 aromatic carbocycles. The topological polar surface area (TPSA) is 82.2 Å². The SMILES string of the molecule is CC[C@](C)(CC(=O)O)NC(=O)c1cc(Br)c[nH]1. The number of carbonyl (C=O) groups is 2. The molecule has 0 radical (unpaired) electrons. The molecule has 0 saturated heterocycles. The van der Waals surface area contributed by atoms with Gasteiger partial charge in [0.05, 0.1) is 6.42 Å². The van der Waals surface area contributed by atoms with E-state index in [1.165, 1.54) is 0 Å². The van der Waals surface area contributed by atoms with Crippen LogP contribution in [0.2, 0.25) is 0 Å². The van der Waals surface area contributed by atoms with Crippen molar-refractivity contribution in [1.82, 2.24) is 10.3 Å². The van der Waals surface area contributed by atoms with Gasteiger partial charge >= 0.3 is 5.97 Å². The molecule has 1 aromatic heterocycles. The highest BCUT2D eigenvalue weighted by Gasteiger charge is 2.28. The third-order valence-electron chi connectivity index (χ3n) is 2.63. The minimum absolute atomic E-state index is 0.100. The van der Waals surface area contributed by atoms with Gasteiger partial charge in [0.15, 0.2) is 0 Å². The van der Waals surface area contributed by atoms with E-state index >= 15 is 0 Å². The molecule has 0 bridgehead atoms. The molecule has 17 heavy (non-hydrogen) atoms. The van der Waals surface area contributed by atoms with E-state index in [2.05, 4.69) is 26.2 Å². The Hall–Kier alpha value is -1.30. The number of halogens is 1. The highest BCUT2D eigenvalue weighted by molar-refractivity contribution is 9.10. The van der Waals surface area contributed by atoms with Crippen LogP contribution in [0.25, 0.3) is 0 Å². The van der Waals surface area contributed by atoms with E-state index in [4.69, 9.17) is 5.11 Å². The molecule has 1 atom stereocenters. The van der Waals surface area contributed by atoms with E-state index < -0.39 is 11.5 Å². The number of hydrogen-bond donors (Lipinski definition) is 3. The van der Waals surface area contributed by atoms with E-state index in [1.54, 1.807) is 19.2 Å². The molecule has 5 nitrogen and oxygen atoms in total. The van der Waals surface area contributed by atoms with Crippen molar-refractivity contribution < 1.29 is 14.7 Å². The Balaban J connectivity index is 2.74. The highest BCUT2D eigenvalue weighted by atomic mass is 79.9. The van der Waals surface area contributed by atoms with Crippen LogP contribution in [0.3, 0.4) is 0 Å². The van der Waals surface area contributed by atoms with Gasteiger partial charge in [0.1, 0.15) is 5.69 Å². The molecule has 1 amide bonds. The normalized spacial score (nSPS) is 14.1. The first-order chi connectivity index (χ1) is 7.86. The lowest BCUT2D eigenvalue weighted by molar-refractivity contribution is -0.138. The summed E-state index contributed by atoms with van der Waals surface area (Å²) in [4.78, 5) is 25.4. The lowest BCUT2D eigenvalue weighted by Crippen LogP contribution is -2.47. The van der Waals surface area contributed by atoms with Crippen LogP contribution in [0.4, 0.5) is 0 Å². The maximum absolute atomic E-state index is 11.9. The number of hydrogen-bond acceptors (Lipinski definition) is 2. The molecule has 1 heterocycles. The monoisotopic (exact) mass is 302 g/mol. The van der Waals surface area contributed by atoms with Crippen LogP contribution in [0.1, 0.15) is 37.2 Å².